The Morgan fingerprint density at radius 1 is 1.28 bits per heavy atom. The van der Waals surface area contributed by atoms with Crippen LogP contribution in [0.3, 0.4) is 0 Å². The van der Waals surface area contributed by atoms with Gasteiger partial charge in [-0.05, 0) is 35.6 Å². The third-order valence-corrected chi connectivity index (χ3v) is 2.85. The van der Waals surface area contributed by atoms with E-state index in [0.717, 1.165) is 11.3 Å². The van der Waals surface area contributed by atoms with Crippen molar-refractivity contribution in [2.24, 2.45) is 5.84 Å². The average molecular weight is 244 g/mol. The number of rotatable bonds is 3. The molecule has 0 fully saturated rings. The van der Waals surface area contributed by atoms with Crippen LogP contribution in [0.1, 0.15) is 38.8 Å². The maximum atomic E-state index is 5.90. The zero-order valence-corrected chi connectivity index (χ0v) is 12.1. The van der Waals surface area contributed by atoms with Crippen LogP contribution in [0.4, 0.5) is 0 Å². The molecule has 2 N–H and O–H groups in total. The van der Waals surface area contributed by atoms with Gasteiger partial charge in [-0.15, -0.1) is 0 Å². The van der Waals surface area contributed by atoms with Crippen LogP contribution in [-0.2, 0) is 5.41 Å². The van der Waals surface area contributed by atoms with Gasteiger partial charge in [0.25, 0.3) is 0 Å². The van der Waals surface area contributed by atoms with E-state index in [0.29, 0.717) is 0 Å². The van der Waals surface area contributed by atoms with E-state index in [1.165, 1.54) is 5.56 Å². The summed E-state index contributed by atoms with van der Waals surface area (Å²) >= 11 is 0. The molecular formula is C16H24N2. The van der Waals surface area contributed by atoms with Crippen LogP contribution >= 0.6 is 0 Å². The minimum absolute atomic E-state index is 0.148. The van der Waals surface area contributed by atoms with Crippen LogP contribution in [0.2, 0.25) is 0 Å². The predicted octanol–water partition coefficient (Wildman–Crippen LogP) is 3.71. The lowest BCUT2D eigenvalue weighted by Crippen LogP contribution is -2.24. The first-order chi connectivity index (χ1) is 8.36. The van der Waals surface area contributed by atoms with Gasteiger partial charge >= 0.3 is 0 Å². The normalized spacial score (nSPS) is 13.1. The summed E-state index contributed by atoms with van der Waals surface area (Å²) < 4.78 is 0. The Bertz CT molecular complexity index is 448. The monoisotopic (exact) mass is 244 g/mol. The molecule has 2 heteroatoms. The lowest BCUT2D eigenvalue weighted by molar-refractivity contribution is 0.510. The molecule has 0 heterocycles. The summed E-state index contributed by atoms with van der Waals surface area (Å²) in [4.78, 5) is 0. The summed E-state index contributed by atoms with van der Waals surface area (Å²) in [7, 11) is 1.86. The topological polar surface area (TPSA) is 29.3 Å². The van der Waals surface area contributed by atoms with E-state index in [1.807, 2.05) is 32.2 Å². The van der Waals surface area contributed by atoms with Crippen molar-refractivity contribution in [2.75, 3.05) is 7.05 Å². The van der Waals surface area contributed by atoms with E-state index in [4.69, 9.17) is 5.84 Å². The lowest BCUT2D eigenvalue weighted by atomic mass is 9.86. The quantitative estimate of drug-likeness (QED) is 0.499. The Kier molecular flexibility index (Phi) is 4.74. The first kappa shape index (κ1) is 14.5. The fraction of sp³-hybridized carbons (Fsp3) is 0.375. The van der Waals surface area contributed by atoms with Crippen molar-refractivity contribution >= 4 is 5.70 Å². The fourth-order valence-corrected chi connectivity index (χ4v) is 1.75. The van der Waals surface area contributed by atoms with Gasteiger partial charge in [-0.2, -0.15) is 0 Å². The highest BCUT2D eigenvalue weighted by Crippen LogP contribution is 2.25. The zero-order valence-electron chi connectivity index (χ0n) is 12.1. The van der Waals surface area contributed by atoms with Crippen LogP contribution in [0, 0.1) is 0 Å². The smallest absolute Gasteiger partial charge is 0.0586 e. The molecule has 0 aromatic heterocycles. The van der Waals surface area contributed by atoms with Crippen molar-refractivity contribution < 1.29 is 0 Å². The highest BCUT2D eigenvalue weighted by Gasteiger charge is 2.14. The van der Waals surface area contributed by atoms with Crippen LogP contribution in [0.25, 0.3) is 5.70 Å². The van der Waals surface area contributed by atoms with Gasteiger partial charge in [0.05, 0.1) is 5.70 Å². The summed E-state index contributed by atoms with van der Waals surface area (Å²) in [5.74, 6) is 5.90. The van der Waals surface area contributed by atoms with Crippen molar-refractivity contribution in [1.29, 1.82) is 0 Å². The summed E-state index contributed by atoms with van der Waals surface area (Å²) in [6.07, 6.45) is 6.03. The summed E-state index contributed by atoms with van der Waals surface area (Å²) in [6.45, 7) is 8.64. The van der Waals surface area contributed by atoms with Crippen LogP contribution < -0.4 is 5.84 Å². The van der Waals surface area contributed by atoms with Crippen molar-refractivity contribution in [3.63, 3.8) is 0 Å². The fourth-order valence-electron chi connectivity index (χ4n) is 1.75. The number of hydrogen-bond acceptors (Lipinski definition) is 2. The second-order valence-corrected chi connectivity index (χ2v) is 5.52. The van der Waals surface area contributed by atoms with Crippen molar-refractivity contribution in [1.82, 2.24) is 5.01 Å². The second-order valence-electron chi connectivity index (χ2n) is 5.52. The largest absolute Gasteiger partial charge is 0.314 e. The molecule has 1 aromatic rings. The van der Waals surface area contributed by atoms with E-state index in [9.17, 15) is 0 Å². The Morgan fingerprint density at radius 2 is 1.94 bits per heavy atom. The van der Waals surface area contributed by atoms with E-state index in [-0.39, 0.29) is 5.41 Å². The van der Waals surface area contributed by atoms with Crippen LogP contribution in [0.15, 0.2) is 42.5 Å². The van der Waals surface area contributed by atoms with Gasteiger partial charge in [-0.25, -0.2) is 5.84 Å². The number of hydrazine groups is 1. The molecule has 0 saturated carbocycles. The molecule has 0 aliphatic heterocycles. The van der Waals surface area contributed by atoms with Gasteiger partial charge in [-0.1, -0.05) is 51.1 Å². The number of hydrogen-bond donors (Lipinski definition) is 1. The van der Waals surface area contributed by atoms with Gasteiger partial charge in [0.15, 0.2) is 0 Å². The highest BCUT2D eigenvalue weighted by atomic mass is 15.4. The van der Waals surface area contributed by atoms with E-state index in [2.05, 4.69) is 45.0 Å². The van der Waals surface area contributed by atoms with Crippen molar-refractivity contribution in [3.8, 4) is 0 Å². The molecule has 0 amide bonds. The first-order valence-electron chi connectivity index (χ1n) is 6.28. The maximum Gasteiger partial charge on any atom is 0.0586 e. The molecule has 1 aromatic carbocycles. The molecule has 98 valence electrons. The summed E-state index contributed by atoms with van der Waals surface area (Å²) in [5.41, 5.74) is 3.62. The molecule has 18 heavy (non-hydrogen) atoms. The van der Waals surface area contributed by atoms with Gasteiger partial charge in [-0.3, -0.25) is 0 Å². The molecule has 0 spiro atoms. The van der Waals surface area contributed by atoms with E-state index in [1.54, 1.807) is 5.01 Å². The van der Waals surface area contributed by atoms with Crippen LogP contribution in [0.5, 0.6) is 0 Å². The molecule has 0 bridgehead atoms. The second kappa shape index (κ2) is 5.87. The number of benzene rings is 1. The van der Waals surface area contributed by atoms with Crippen LogP contribution in [-0.4, -0.2) is 12.1 Å². The molecule has 0 radical (unpaired) electrons. The average Bonchev–Trinajstić information content (AvgIpc) is 2.28. The Hall–Kier alpha value is -1.54. The van der Waals surface area contributed by atoms with E-state index >= 15 is 0 Å². The minimum atomic E-state index is 0.148. The van der Waals surface area contributed by atoms with Gasteiger partial charge < -0.3 is 5.01 Å². The first-order valence-corrected chi connectivity index (χ1v) is 6.28. The molecule has 0 atom stereocenters. The molecule has 0 saturated heterocycles. The summed E-state index contributed by atoms with van der Waals surface area (Å²) in [6, 6.07) is 8.54. The summed E-state index contributed by atoms with van der Waals surface area (Å²) in [5, 5.41) is 1.65. The Morgan fingerprint density at radius 3 is 2.44 bits per heavy atom. The minimum Gasteiger partial charge on any atom is -0.314 e. The van der Waals surface area contributed by atoms with Gasteiger partial charge in [0, 0.05) is 7.05 Å². The standard InChI is InChI=1S/C16H24N2/c1-6-7-11-15(18(5)17)13-9-8-10-14(12-13)16(2,3)4/h6-12H,17H2,1-5H3/b7-6-,15-11-. The van der Waals surface area contributed by atoms with Gasteiger partial charge in [0.2, 0.25) is 0 Å². The predicted molar refractivity (Wildman–Crippen MR) is 79.9 cm³/mol. The van der Waals surface area contributed by atoms with Gasteiger partial charge in [0.1, 0.15) is 0 Å². The SMILES string of the molecule is C/C=C\C=C(\c1cccc(C(C)(C)C)c1)N(C)N. The molecular weight excluding hydrogens is 220 g/mol. The Balaban J connectivity index is 3.22. The highest BCUT2D eigenvalue weighted by molar-refractivity contribution is 5.65. The molecule has 0 aliphatic carbocycles. The molecule has 1 rings (SSSR count). The molecule has 0 aliphatic rings. The number of nitrogens with two attached hydrogens (primary N) is 1. The van der Waals surface area contributed by atoms with Crippen molar-refractivity contribution in [3.05, 3.63) is 53.6 Å². The maximum absolute atomic E-state index is 5.90. The third-order valence-electron chi connectivity index (χ3n) is 2.85. The third kappa shape index (κ3) is 3.74. The zero-order chi connectivity index (χ0) is 13.8. The number of nitrogens with zero attached hydrogens (tertiary/aromatic N) is 1. The van der Waals surface area contributed by atoms with Crippen molar-refractivity contribution in [2.45, 2.75) is 33.1 Å². The lowest BCUT2D eigenvalue weighted by Gasteiger charge is -2.22. The molecule has 0 unspecified atom stereocenters. The number of allylic oxidation sites excluding steroid dienone is 3. The Labute approximate surface area is 111 Å². The van der Waals surface area contributed by atoms with E-state index < -0.39 is 0 Å². The molecule has 2 nitrogen and oxygen atoms in total.